The third kappa shape index (κ3) is 10.7. The van der Waals surface area contributed by atoms with Gasteiger partial charge in [-0.1, -0.05) is 0 Å². The van der Waals surface area contributed by atoms with Crippen molar-refractivity contribution in [2.75, 3.05) is 0 Å². The van der Waals surface area contributed by atoms with Gasteiger partial charge in [0.25, 0.3) is 0 Å². The summed E-state index contributed by atoms with van der Waals surface area (Å²) in [5.74, 6) is 0. The van der Waals surface area contributed by atoms with E-state index in [1.165, 1.54) is 0 Å². The Morgan fingerprint density at radius 1 is 1.25 bits per heavy atom. The topological polar surface area (TPSA) is 34.1 Å². The fraction of sp³-hybridized carbons (Fsp3) is 0. The molecule has 0 unspecified atom stereocenters. The molecular formula is HBiIO2. The first kappa shape index (κ1) is 8.96. The van der Waals surface area contributed by atoms with Gasteiger partial charge in [0.15, 0.2) is 0 Å². The fourth-order valence-corrected chi connectivity index (χ4v) is 0. The molecular weight excluding hydrogens is 368 g/mol. The summed E-state index contributed by atoms with van der Waals surface area (Å²) in [5.41, 5.74) is 0. The predicted molar refractivity (Wildman–Crippen MR) is 22.5 cm³/mol. The van der Waals surface area contributed by atoms with Crippen LogP contribution in [0, 0.1) is 0 Å². The van der Waals surface area contributed by atoms with Gasteiger partial charge in [-0.15, -0.1) is 24.0 Å². The van der Waals surface area contributed by atoms with Gasteiger partial charge in [0, 0.05) is 0 Å². The van der Waals surface area contributed by atoms with Crippen LogP contribution >= 0.6 is 24.0 Å². The van der Waals surface area contributed by atoms with Crippen LogP contribution in [-0.4, -0.2) is 23.2 Å². The number of halogens is 1. The van der Waals surface area contributed by atoms with Gasteiger partial charge in [0.05, 0.1) is 0 Å². The molecule has 0 N–H and O–H groups in total. The van der Waals surface area contributed by atoms with Gasteiger partial charge in [-0.25, -0.2) is 0 Å². The molecule has 0 fully saturated rings. The van der Waals surface area contributed by atoms with E-state index in [0.717, 1.165) is 0 Å². The number of hydrogen-bond acceptors (Lipinski definition) is 2. The van der Waals surface area contributed by atoms with Crippen molar-refractivity contribution in [2.45, 2.75) is 0 Å². The molecule has 0 saturated heterocycles. The van der Waals surface area contributed by atoms with Crippen LogP contribution in [-0.2, 0) is 5.63 Å². The molecule has 0 atom stereocenters. The van der Waals surface area contributed by atoms with Crippen LogP contribution in [0.5, 0.6) is 0 Å². The molecule has 4 heteroatoms. The molecule has 0 spiro atoms. The first-order chi connectivity index (χ1) is 1.41. The molecule has 0 bridgehead atoms. The Hall–Kier alpha value is 1.21. The molecule has 0 aliphatic heterocycles. The maximum absolute atomic E-state index is 8.56. The molecule has 0 rings (SSSR count). The van der Waals surface area contributed by atoms with Gasteiger partial charge in [-0.3, -0.25) is 0 Å². The van der Waals surface area contributed by atoms with Crippen molar-refractivity contribution in [3.8, 4) is 0 Å². The van der Waals surface area contributed by atoms with Gasteiger partial charge >= 0.3 is 28.9 Å². The van der Waals surface area contributed by atoms with Gasteiger partial charge in [0.2, 0.25) is 0 Å². The average molecular weight is 369 g/mol. The van der Waals surface area contributed by atoms with Crippen LogP contribution in [0.4, 0.5) is 0 Å². The molecule has 0 amide bonds. The van der Waals surface area contributed by atoms with Crippen molar-refractivity contribution in [1.29, 1.82) is 0 Å². The Morgan fingerprint density at radius 3 is 1.25 bits per heavy atom. The van der Waals surface area contributed by atoms with E-state index in [4.69, 9.17) is 5.63 Å². The molecule has 4 heavy (non-hydrogen) atoms. The van der Waals surface area contributed by atoms with Crippen LogP contribution < -0.4 is 0 Å². The Kier molecular flexibility index (Phi) is 19.9. The summed E-state index contributed by atoms with van der Waals surface area (Å²) in [5, 5.41) is 0. The minimum absolute atomic E-state index is 0. The quantitative estimate of drug-likeness (QED) is 0.445. The van der Waals surface area contributed by atoms with Gasteiger partial charge < -0.3 is 0 Å². The summed E-state index contributed by atoms with van der Waals surface area (Å²) in [7, 11) is 0. The molecule has 2 nitrogen and oxygen atoms in total. The monoisotopic (exact) mass is 369 g/mol. The minimum atomic E-state index is -2.33. The van der Waals surface area contributed by atoms with E-state index in [9.17, 15) is 0 Å². The van der Waals surface area contributed by atoms with Crippen molar-refractivity contribution in [3.05, 3.63) is 0 Å². The van der Waals surface area contributed by atoms with Crippen LogP contribution in [0.1, 0.15) is 0 Å². The Bertz CT molecular complexity index is 27.0. The Balaban J connectivity index is 0. The van der Waals surface area contributed by atoms with E-state index in [0.29, 0.717) is 0 Å². The van der Waals surface area contributed by atoms with E-state index >= 15 is 0 Å². The molecule has 1 radical (unpaired) electrons. The van der Waals surface area contributed by atoms with Crippen LogP contribution in [0.3, 0.4) is 0 Å². The summed E-state index contributed by atoms with van der Waals surface area (Å²) in [6, 6.07) is 0. The molecule has 0 aliphatic rings. The molecule has 0 aliphatic carbocycles. The summed E-state index contributed by atoms with van der Waals surface area (Å²) in [6.07, 6.45) is 0. The number of hydrogen-bond donors (Lipinski definition) is 0. The molecule has 0 heterocycles. The van der Waals surface area contributed by atoms with Crippen molar-refractivity contribution in [1.82, 2.24) is 0 Å². The summed E-state index contributed by atoms with van der Waals surface area (Å²) in [6.45, 7) is 0. The first-order valence-corrected chi connectivity index (χ1v) is 3.20. The van der Waals surface area contributed by atoms with Crippen LogP contribution in [0.25, 0.3) is 0 Å². The summed E-state index contributed by atoms with van der Waals surface area (Å²) in [4.78, 5) is 0. The first-order valence-electron chi connectivity index (χ1n) is 0.365. The fourth-order valence-electron chi connectivity index (χ4n) is 0. The molecule has 0 aromatic rings. The van der Waals surface area contributed by atoms with Crippen molar-refractivity contribution in [3.63, 3.8) is 0 Å². The third-order valence-electron chi connectivity index (χ3n) is 0. The van der Waals surface area contributed by atoms with Gasteiger partial charge in [-0.05, 0) is 0 Å². The number of rotatable bonds is 0. The van der Waals surface area contributed by atoms with Crippen molar-refractivity contribution < 1.29 is 5.63 Å². The van der Waals surface area contributed by atoms with Gasteiger partial charge in [0.1, 0.15) is 0 Å². The zero-order valence-corrected chi connectivity index (χ0v) is 7.48. The van der Waals surface area contributed by atoms with E-state index in [1.54, 1.807) is 0 Å². The molecule has 0 aromatic carbocycles. The zero-order valence-electron chi connectivity index (χ0n) is 1.67. The van der Waals surface area contributed by atoms with Crippen molar-refractivity contribution in [2.24, 2.45) is 0 Å². The Labute approximate surface area is 52.4 Å². The summed E-state index contributed by atoms with van der Waals surface area (Å²) < 4.78 is 17.1. The average Bonchev–Trinajstić information content (AvgIpc) is 0.918. The molecule has 25 valence electrons. The maximum atomic E-state index is 8.56. The van der Waals surface area contributed by atoms with E-state index in [-0.39, 0.29) is 24.0 Å². The standard InChI is InChI=1S/Bi.HI.2O/h;1H;;. The SMILES string of the molecule is I.[O]=[Bi]=[O]. The van der Waals surface area contributed by atoms with Gasteiger partial charge in [-0.2, -0.15) is 0 Å². The second-order valence-electron chi connectivity index (χ2n) is 0.0745. The van der Waals surface area contributed by atoms with E-state index < -0.39 is 23.2 Å². The Morgan fingerprint density at radius 2 is 1.25 bits per heavy atom. The van der Waals surface area contributed by atoms with Crippen LogP contribution in [0.2, 0.25) is 0 Å². The zero-order chi connectivity index (χ0) is 2.71. The predicted octanol–water partition coefficient (Wildman–Crippen LogP) is -0.000400. The summed E-state index contributed by atoms with van der Waals surface area (Å²) >= 11 is -2.33. The second kappa shape index (κ2) is 8.88. The molecule has 0 saturated carbocycles. The van der Waals surface area contributed by atoms with E-state index in [1.807, 2.05) is 0 Å². The van der Waals surface area contributed by atoms with Crippen molar-refractivity contribution >= 4 is 47.2 Å². The molecule has 0 aromatic heterocycles. The van der Waals surface area contributed by atoms with Crippen LogP contribution in [0.15, 0.2) is 0 Å². The van der Waals surface area contributed by atoms with E-state index in [2.05, 4.69) is 0 Å². The third-order valence-corrected chi connectivity index (χ3v) is 0. The second-order valence-corrected chi connectivity index (χ2v) is 0.654. The normalized spacial score (nSPS) is 2.00.